The summed E-state index contributed by atoms with van der Waals surface area (Å²) in [5.74, 6) is -0.473. The summed E-state index contributed by atoms with van der Waals surface area (Å²) in [5, 5.41) is 19.3. The van der Waals surface area contributed by atoms with Gasteiger partial charge in [0.05, 0.1) is 18.5 Å². The Morgan fingerprint density at radius 3 is 2.64 bits per heavy atom. The van der Waals surface area contributed by atoms with E-state index < -0.39 is 11.8 Å². The minimum atomic E-state index is -0.609. The Morgan fingerprint density at radius 2 is 2.03 bits per heavy atom. The molecule has 0 atom stereocenters. The number of nitrogens with one attached hydrogen (secondary N) is 1. The number of ether oxygens (including phenoxy) is 2. The van der Waals surface area contributed by atoms with E-state index in [-0.39, 0.29) is 29.9 Å². The second kappa shape index (κ2) is 9.76. The molecule has 2 aromatic heterocycles. The first-order valence-electron chi connectivity index (χ1n) is 9.71. The monoisotopic (exact) mass is 457 g/mol. The molecule has 0 fully saturated rings. The number of methoxy groups -OCH3 is 1. The largest absolute Gasteiger partial charge is 0.493 e. The van der Waals surface area contributed by atoms with Crippen molar-refractivity contribution in [1.29, 1.82) is 0 Å². The van der Waals surface area contributed by atoms with Crippen molar-refractivity contribution in [1.82, 2.24) is 30.7 Å². The summed E-state index contributed by atoms with van der Waals surface area (Å²) in [7, 11) is 1.46. The predicted molar refractivity (Wildman–Crippen MR) is 115 cm³/mol. The number of aromatic nitrogens is 5. The van der Waals surface area contributed by atoms with Crippen molar-refractivity contribution in [3.05, 3.63) is 35.2 Å². The Morgan fingerprint density at radius 1 is 1.27 bits per heavy atom. The maximum absolute atomic E-state index is 12.8. The van der Waals surface area contributed by atoms with E-state index in [1.807, 2.05) is 13.8 Å². The SMILES string of the molecule is COc1cc(C(C)=NNC(=O)c2nnn(-c3nonc3N)c2C(C)C)ccc1OCC(N)=O. The number of anilines is 1. The Balaban J connectivity index is 1.81. The van der Waals surface area contributed by atoms with Crippen LogP contribution >= 0.6 is 0 Å². The minimum absolute atomic E-state index is 0.0137. The fraction of sp³-hybridized carbons (Fsp3) is 0.316. The normalized spacial score (nSPS) is 11.5. The summed E-state index contributed by atoms with van der Waals surface area (Å²) in [5.41, 5.74) is 14.9. The maximum atomic E-state index is 12.8. The highest BCUT2D eigenvalue weighted by atomic mass is 16.6. The number of benzene rings is 1. The summed E-state index contributed by atoms with van der Waals surface area (Å²) in [4.78, 5) is 23.7. The van der Waals surface area contributed by atoms with Gasteiger partial charge in [-0.15, -0.1) is 5.10 Å². The number of nitrogens with zero attached hydrogens (tertiary/aromatic N) is 6. The highest BCUT2D eigenvalue weighted by Crippen LogP contribution is 2.28. The summed E-state index contributed by atoms with van der Waals surface area (Å²) in [6.07, 6.45) is 0. The van der Waals surface area contributed by atoms with Gasteiger partial charge in [-0.25, -0.2) is 10.1 Å². The number of carbonyl (C=O) groups is 2. The lowest BCUT2D eigenvalue weighted by Crippen LogP contribution is -2.22. The first kappa shape index (κ1) is 23.2. The molecule has 0 saturated carbocycles. The number of hydrogen-bond acceptors (Lipinski definition) is 11. The zero-order valence-corrected chi connectivity index (χ0v) is 18.4. The van der Waals surface area contributed by atoms with Crippen molar-refractivity contribution in [3.8, 4) is 17.3 Å². The van der Waals surface area contributed by atoms with E-state index in [4.69, 9.17) is 20.9 Å². The highest BCUT2D eigenvalue weighted by molar-refractivity contribution is 6.01. The molecule has 14 nitrogen and oxygen atoms in total. The molecule has 3 rings (SSSR count). The van der Waals surface area contributed by atoms with Crippen molar-refractivity contribution in [2.24, 2.45) is 10.8 Å². The lowest BCUT2D eigenvalue weighted by atomic mass is 10.1. The van der Waals surface area contributed by atoms with E-state index in [2.05, 4.69) is 35.8 Å². The molecule has 33 heavy (non-hydrogen) atoms. The summed E-state index contributed by atoms with van der Waals surface area (Å²) in [6, 6.07) is 4.95. The van der Waals surface area contributed by atoms with Crippen LogP contribution in [-0.4, -0.2) is 56.5 Å². The number of nitrogens with two attached hydrogens (primary N) is 2. The first-order valence-corrected chi connectivity index (χ1v) is 9.71. The Labute approximate surface area is 187 Å². The standard InChI is InChI=1S/C19H23N9O5/c1-9(2)16-15(23-27-28(16)18-17(21)25-33-26-18)19(30)24-22-10(3)11-5-6-12(13(7-11)31-4)32-8-14(20)29/h5-7,9H,8H2,1-4H3,(H2,20,29)(H2,21,25)(H,24,30). The molecule has 2 amide bonds. The van der Waals surface area contributed by atoms with Gasteiger partial charge >= 0.3 is 0 Å². The number of nitrogen functional groups attached to an aromatic ring is 1. The smallest absolute Gasteiger partial charge is 0.293 e. The van der Waals surface area contributed by atoms with E-state index >= 15 is 0 Å². The zero-order valence-electron chi connectivity index (χ0n) is 18.4. The molecule has 0 radical (unpaired) electrons. The van der Waals surface area contributed by atoms with Gasteiger partial charge in [-0.05, 0) is 41.4 Å². The second-order valence-electron chi connectivity index (χ2n) is 7.12. The van der Waals surface area contributed by atoms with Crippen LogP contribution in [-0.2, 0) is 4.79 Å². The van der Waals surface area contributed by atoms with Crippen molar-refractivity contribution < 1.29 is 23.7 Å². The number of primary amides is 1. The first-order chi connectivity index (χ1) is 15.7. The number of amides is 2. The van der Waals surface area contributed by atoms with Crippen molar-refractivity contribution in [2.75, 3.05) is 19.5 Å². The Bertz CT molecular complexity index is 1200. The molecule has 0 aliphatic heterocycles. The molecule has 0 bridgehead atoms. The molecular weight excluding hydrogens is 434 g/mol. The van der Waals surface area contributed by atoms with Gasteiger partial charge in [-0.1, -0.05) is 19.1 Å². The molecule has 0 saturated heterocycles. The molecule has 5 N–H and O–H groups in total. The van der Waals surface area contributed by atoms with Crippen LogP contribution in [0.3, 0.4) is 0 Å². The second-order valence-corrected chi connectivity index (χ2v) is 7.12. The van der Waals surface area contributed by atoms with Crippen molar-refractivity contribution >= 4 is 23.3 Å². The molecule has 0 spiro atoms. The maximum Gasteiger partial charge on any atom is 0.293 e. The van der Waals surface area contributed by atoms with Crippen LogP contribution in [0.4, 0.5) is 5.82 Å². The zero-order chi connectivity index (χ0) is 24.1. The fourth-order valence-corrected chi connectivity index (χ4v) is 2.88. The van der Waals surface area contributed by atoms with E-state index in [9.17, 15) is 9.59 Å². The molecule has 1 aromatic carbocycles. The van der Waals surface area contributed by atoms with Crippen molar-refractivity contribution in [3.63, 3.8) is 0 Å². The van der Waals surface area contributed by atoms with Crippen LogP contribution in [0.1, 0.15) is 48.4 Å². The summed E-state index contributed by atoms with van der Waals surface area (Å²) in [6.45, 7) is 5.13. The predicted octanol–water partition coefficient (Wildman–Crippen LogP) is 0.383. The molecule has 0 unspecified atom stereocenters. The molecular formula is C19H23N9O5. The van der Waals surface area contributed by atoms with Gasteiger partial charge in [0.15, 0.2) is 23.8 Å². The molecule has 174 valence electrons. The fourth-order valence-electron chi connectivity index (χ4n) is 2.88. The number of hydrazone groups is 1. The molecule has 0 aliphatic rings. The van der Waals surface area contributed by atoms with Crippen LogP contribution in [0.5, 0.6) is 11.5 Å². The topological polar surface area (TPSA) is 199 Å². The average Bonchev–Trinajstić information content (AvgIpc) is 3.41. The molecule has 0 aliphatic carbocycles. The van der Waals surface area contributed by atoms with Crippen LogP contribution in [0, 0.1) is 0 Å². The van der Waals surface area contributed by atoms with Crippen LogP contribution in [0.2, 0.25) is 0 Å². The minimum Gasteiger partial charge on any atom is -0.493 e. The van der Waals surface area contributed by atoms with Gasteiger partial charge in [0.1, 0.15) is 0 Å². The number of carbonyl (C=O) groups excluding carboxylic acids is 2. The van der Waals surface area contributed by atoms with Gasteiger partial charge in [-0.2, -0.15) is 9.78 Å². The van der Waals surface area contributed by atoms with Crippen LogP contribution in [0.25, 0.3) is 5.82 Å². The lowest BCUT2D eigenvalue weighted by Gasteiger charge is -2.11. The Kier molecular flexibility index (Phi) is 6.85. The van der Waals surface area contributed by atoms with Gasteiger partial charge < -0.3 is 20.9 Å². The third-order valence-electron chi connectivity index (χ3n) is 4.44. The molecule has 2 heterocycles. The Hall–Kier alpha value is -4.49. The van der Waals surface area contributed by atoms with Gasteiger partial charge in [-0.3, -0.25) is 9.59 Å². The third-order valence-corrected chi connectivity index (χ3v) is 4.44. The van der Waals surface area contributed by atoms with E-state index in [0.717, 1.165) is 0 Å². The molecule has 14 heteroatoms. The van der Waals surface area contributed by atoms with E-state index in [1.165, 1.54) is 11.8 Å². The van der Waals surface area contributed by atoms with Gasteiger partial charge in [0.2, 0.25) is 11.6 Å². The number of hydrogen-bond donors (Lipinski definition) is 3. The highest BCUT2D eigenvalue weighted by Gasteiger charge is 2.25. The quantitative estimate of drug-likeness (QED) is 0.298. The summed E-state index contributed by atoms with van der Waals surface area (Å²) < 4.78 is 16.5. The van der Waals surface area contributed by atoms with E-state index in [0.29, 0.717) is 28.5 Å². The van der Waals surface area contributed by atoms with E-state index in [1.54, 1.807) is 25.1 Å². The van der Waals surface area contributed by atoms with Crippen LogP contribution in [0.15, 0.2) is 27.9 Å². The molecule has 3 aromatic rings. The van der Waals surface area contributed by atoms with Gasteiger partial charge in [0, 0.05) is 5.56 Å². The van der Waals surface area contributed by atoms with Crippen molar-refractivity contribution in [2.45, 2.75) is 26.7 Å². The third kappa shape index (κ3) is 5.06. The van der Waals surface area contributed by atoms with Gasteiger partial charge in [0.25, 0.3) is 11.8 Å². The lowest BCUT2D eigenvalue weighted by molar-refractivity contribution is -0.119. The average molecular weight is 457 g/mol. The number of rotatable bonds is 9. The summed E-state index contributed by atoms with van der Waals surface area (Å²) >= 11 is 0. The van der Waals surface area contributed by atoms with Crippen LogP contribution < -0.4 is 26.4 Å².